The lowest BCUT2D eigenvalue weighted by Gasteiger charge is -2.36. The van der Waals surface area contributed by atoms with E-state index < -0.39 is 0 Å². The van der Waals surface area contributed by atoms with Crippen molar-refractivity contribution in [2.45, 2.75) is 25.9 Å². The van der Waals surface area contributed by atoms with Crippen molar-refractivity contribution in [3.63, 3.8) is 0 Å². The maximum atomic E-state index is 12.5. The van der Waals surface area contributed by atoms with Gasteiger partial charge >= 0.3 is 0 Å². The third-order valence-electron chi connectivity index (χ3n) is 4.38. The van der Waals surface area contributed by atoms with Crippen molar-refractivity contribution >= 4 is 23.3 Å². The second kappa shape index (κ2) is 8.47. The number of anilines is 1. The molecule has 1 amide bonds. The summed E-state index contributed by atoms with van der Waals surface area (Å²) in [5.41, 5.74) is 1.06. The topological polar surface area (TPSA) is 62.2 Å². The number of aryl methyl sites for hydroxylation is 1. The Morgan fingerprint density at radius 3 is 3.04 bits per heavy atom. The van der Waals surface area contributed by atoms with Crippen LogP contribution in [0.25, 0.3) is 0 Å². The second-order valence-corrected chi connectivity index (χ2v) is 6.61. The van der Waals surface area contributed by atoms with Gasteiger partial charge in [-0.1, -0.05) is 36.7 Å². The molecule has 2 heterocycles. The van der Waals surface area contributed by atoms with Crippen molar-refractivity contribution in [3.05, 3.63) is 47.1 Å². The van der Waals surface area contributed by atoms with Gasteiger partial charge in [0, 0.05) is 43.3 Å². The summed E-state index contributed by atoms with van der Waals surface area (Å²) in [5, 5.41) is 11.3. The molecular formula is C18H24ClN5O. The summed E-state index contributed by atoms with van der Waals surface area (Å²) in [7, 11) is 0. The van der Waals surface area contributed by atoms with Gasteiger partial charge in [-0.05, 0) is 18.1 Å². The Hall–Kier alpha value is -1.89. The van der Waals surface area contributed by atoms with E-state index in [1.165, 1.54) is 0 Å². The molecule has 0 radical (unpaired) electrons. The average Bonchev–Trinajstić information content (AvgIpc) is 3.03. The van der Waals surface area contributed by atoms with Gasteiger partial charge in [-0.2, -0.15) is 5.10 Å². The molecule has 0 saturated carbocycles. The van der Waals surface area contributed by atoms with Gasteiger partial charge in [0.1, 0.15) is 5.82 Å². The fourth-order valence-electron chi connectivity index (χ4n) is 3.18. The van der Waals surface area contributed by atoms with E-state index in [2.05, 4.69) is 27.6 Å². The molecule has 2 N–H and O–H groups in total. The molecule has 25 heavy (non-hydrogen) atoms. The molecule has 3 rings (SSSR count). The maximum Gasteiger partial charge on any atom is 0.239 e. The van der Waals surface area contributed by atoms with Crippen molar-refractivity contribution in [1.29, 1.82) is 0 Å². The highest BCUT2D eigenvalue weighted by Gasteiger charge is 2.27. The number of aromatic nitrogens is 2. The molecule has 0 spiro atoms. The number of nitrogens with zero attached hydrogens (tertiary/aromatic N) is 3. The van der Waals surface area contributed by atoms with Crippen LogP contribution in [-0.4, -0.2) is 46.8 Å². The quantitative estimate of drug-likeness (QED) is 0.830. The summed E-state index contributed by atoms with van der Waals surface area (Å²) in [6, 6.07) is 9.75. The van der Waals surface area contributed by atoms with E-state index in [0.717, 1.165) is 49.0 Å². The first kappa shape index (κ1) is 17.9. The number of nitrogens with one attached hydrogen (secondary N) is 2. The Morgan fingerprint density at radius 1 is 1.40 bits per heavy atom. The van der Waals surface area contributed by atoms with E-state index in [0.29, 0.717) is 6.54 Å². The van der Waals surface area contributed by atoms with Crippen LogP contribution in [0.4, 0.5) is 5.82 Å². The summed E-state index contributed by atoms with van der Waals surface area (Å²) in [5.74, 6) is 0.716. The van der Waals surface area contributed by atoms with Crippen LogP contribution in [0.2, 0.25) is 5.02 Å². The molecule has 0 bridgehead atoms. The van der Waals surface area contributed by atoms with Gasteiger partial charge < -0.3 is 10.6 Å². The summed E-state index contributed by atoms with van der Waals surface area (Å²) in [4.78, 5) is 14.7. The van der Waals surface area contributed by atoms with Crippen molar-refractivity contribution in [3.8, 4) is 0 Å². The molecule has 1 unspecified atom stereocenters. The molecule has 0 aliphatic carbocycles. The van der Waals surface area contributed by atoms with Crippen LogP contribution in [0.3, 0.4) is 0 Å². The number of rotatable bonds is 6. The molecule has 1 aliphatic heterocycles. The van der Waals surface area contributed by atoms with Crippen molar-refractivity contribution in [2.24, 2.45) is 0 Å². The SMILES string of the molecule is CCCn1nccc1NC(=O)CN1CCNCC1c1ccccc1Cl. The zero-order chi connectivity index (χ0) is 17.6. The fraction of sp³-hybridized carbons (Fsp3) is 0.444. The summed E-state index contributed by atoms with van der Waals surface area (Å²) >= 11 is 6.36. The lowest BCUT2D eigenvalue weighted by atomic mass is 10.0. The minimum Gasteiger partial charge on any atom is -0.314 e. The number of carbonyl (C=O) groups excluding carboxylic acids is 1. The third kappa shape index (κ3) is 4.39. The van der Waals surface area contributed by atoms with Crippen LogP contribution in [-0.2, 0) is 11.3 Å². The normalized spacial score (nSPS) is 18.2. The highest BCUT2D eigenvalue weighted by atomic mass is 35.5. The van der Waals surface area contributed by atoms with Gasteiger partial charge in [-0.3, -0.25) is 9.69 Å². The van der Waals surface area contributed by atoms with Crippen molar-refractivity contribution in [1.82, 2.24) is 20.0 Å². The lowest BCUT2D eigenvalue weighted by molar-refractivity contribution is -0.118. The van der Waals surface area contributed by atoms with Crippen LogP contribution in [0.1, 0.15) is 24.9 Å². The van der Waals surface area contributed by atoms with Gasteiger partial charge in [-0.25, -0.2) is 4.68 Å². The fourth-order valence-corrected chi connectivity index (χ4v) is 3.44. The molecule has 2 aromatic rings. The zero-order valence-corrected chi connectivity index (χ0v) is 15.2. The van der Waals surface area contributed by atoms with Crippen LogP contribution >= 0.6 is 11.6 Å². The Kier molecular flexibility index (Phi) is 6.07. The average molecular weight is 362 g/mol. The Labute approximate surface area is 153 Å². The van der Waals surface area contributed by atoms with Crippen LogP contribution < -0.4 is 10.6 Å². The Balaban J connectivity index is 1.68. The van der Waals surface area contributed by atoms with Gasteiger partial charge in [-0.15, -0.1) is 0 Å². The molecule has 7 heteroatoms. The van der Waals surface area contributed by atoms with E-state index >= 15 is 0 Å². The smallest absolute Gasteiger partial charge is 0.239 e. The first-order valence-corrected chi connectivity index (χ1v) is 9.07. The second-order valence-electron chi connectivity index (χ2n) is 6.20. The minimum absolute atomic E-state index is 0.0307. The van der Waals surface area contributed by atoms with Crippen molar-refractivity contribution < 1.29 is 4.79 Å². The predicted molar refractivity (Wildman–Crippen MR) is 99.8 cm³/mol. The van der Waals surface area contributed by atoms with Crippen LogP contribution in [0.5, 0.6) is 0 Å². The molecule has 1 saturated heterocycles. The number of benzene rings is 1. The number of carbonyl (C=O) groups is 1. The summed E-state index contributed by atoms with van der Waals surface area (Å²) < 4.78 is 1.82. The van der Waals surface area contributed by atoms with E-state index in [-0.39, 0.29) is 11.9 Å². The first-order valence-electron chi connectivity index (χ1n) is 8.70. The van der Waals surface area contributed by atoms with E-state index in [4.69, 9.17) is 11.6 Å². The molecule has 6 nitrogen and oxygen atoms in total. The van der Waals surface area contributed by atoms with Gasteiger partial charge in [0.05, 0.1) is 12.7 Å². The molecule has 1 aliphatic rings. The monoisotopic (exact) mass is 361 g/mol. The predicted octanol–water partition coefficient (Wildman–Crippen LogP) is 2.53. The summed E-state index contributed by atoms with van der Waals surface area (Å²) in [6.45, 7) is 5.65. The number of amides is 1. The van der Waals surface area contributed by atoms with Crippen molar-refractivity contribution in [2.75, 3.05) is 31.5 Å². The van der Waals surface area contributed by atoms with E-state index in [9.17, 15) is 4.79 Å². The van der Waals surface area contributed by atoms with E-state index in [1.807, 2.05) is 35.0 Å². The number of hydrogen-bond acceptors (Lipinski definition) is 4. The summed E-state index contributed by atoms with van der Waals surface area (Å²) in [6.07, 6.45) is 2.68. The van der Waals surface area contributed by atoms with Gasteiger partial charge in [0.15, 0.2) is 0 Å². The molecule has 134 valence electrons. The largest absolute Gasteiger partial charge is 0.314 e. The molecular weight excluding hydrogens is 338 g/mol. The number of halogens is 1. The molecule has 1 aromatic carbocycles. The number of hydrogen-bond donors (Lipinski definition) is 2. The van der Waals surface area contributed by atoms with E-state index in [1.54, 1.807) is 6.20 Å². The highest BCUT2D eigenvalue weighted by molar-refractivity contribution is 6.31. The van der Waals surface area contributed by atoms with Gasteiger partial charge in [0.25, 0.3) is 0 Å². The standard InChI is InChI=1S/C18H24ClN5O/c1-2-10-24-17(7-8-21-24)22-18(25)13-23-11-9-20-12-16(23)14-5-3-4-6-15(14)19/h3-8,16,20H,2,9-13H2,1H3,(H,22,25). The maximum absolute atomic E-state index is 12.5. The van der Waals surface area contributed by atoms with Crippen LogP contribution in [0, 0.1) is 0 Å². The minimum atomic E-state index is -0.0307. The first-order chi connectivity index (χ1) is 12.2. The Bertz CT molecular complexity index is 717. The highest BCUT2D eigenvalue weighted by Crippen LogP contribution is 2.28. The third-order valence-corrected chi connectivity index (χ3v) is 4.73. The molecule has 1 aromatic heterocycles. The van der Waals surface area contributed by atoms with Crippen LogP contribution in [0.15, 0.2) is 36.5 Å². The molecule has 1 atom stereocenters. The lowest BCUT2D eigenvalue weighted by Crippen LogP contribution is -2.48. The zero-order valence-electron chi connectivity index (χ0n) is 14.4. The number of piperazine rings is 1. The molecule has 1 fully saturated rings. The van der Waals surface area contributed by atoms with Gasteiger partial charge in [0.2, 0.25) is 5.91 Å². The Morgan fingerprint density at radius 2 is 2.24 bits per heavy atom.